The largest absolute Gasteiger partial charge is 0.477 e. The van der Waals surface area contributed by atoms with Crippen LogP contribution in [0.4, 0.5) is 0 Å². The Kier molecular flexibility index (Phi) is 27.3. The van der Waals surface area contributed by atoms with Crippen molar-refractivity contribution in [3.8, 4) is 0 Å². The summed E-state index contributed by atoms with van der Waals surface area (Å²) in [5.74, 6) is -1.51. The van der Waals surface area contributed by atoms with Gasteiger partial charge < -0.3 is 23.8 Å². The molecule has 0 aliphatic rings. The number of esters is 2. The molecule has 0 saturated carbocycles. The molecule has 2 unspecified atom stereocenters. The summed E-state index contributed by atoms with van der Waals surface area (Å²) in [6.07, 6.45) is 25.5. The zero-order chi connectivity index (χ0) is 32.9. The van der Waals surface area contributed by atoms with Gasteiger partial charge in [-0.15, -0.1) is 0 Å². The van der Waals surface area contributed by atoms with E-state index in [1.807, 2.05) is 21.1 Å². The Balaban J connectivity index is 4.49. The van der Waals surface area contributed by atoms with Gasteiger partial charge in [0.1, 0.15) is 6.61 Å². The van der Waals surface area contributed by atoms with E-state index >= 15 is 0 Å². The van der Waals surface area contributed by atoms with Crippen molar-refractivity contribution in [2.75, 3.05) is 41.0 Å². The van der Waals surface area contributed by atoms with E-state index in [1.54, 1.807) is 0 Å². The first-order valence-corrected chi connectivity index (χ1v) is 17.7. The average Bonchev–Trinajstić information content (AvgIpc) is 2.96. The minimum Gasteiger partial charge on any atom is -0.477 e. The molecule has 2 atom stereocenters. The lowest BCUT2D eigenvalue weighted by Gasteiger charge is -2.31. The summed E-state index contributed by atoms with van der Waals surface area (Å²) >= 11 is 0. The normalized spacial score (nSPS) is 13.2. The van der Waals surface area contributed by atoms with Gasteiger partial charge in [-0.3, -0.25) is 9.59 Å². The molecule has 0 aromatic heterocycles. The fourth-order valence-corrected chi connectivity index (χ4v) is 5.09. The number of hydrogen-bond donors (Lipinski definition) is 1. The Labute approximate surface area is 269 Å². The number of aliphatic carboxylic acids is 1. The number of rotatable bonds is 31. The van der Waals surface area contributed by atoms with Gasteiger partial charge >= 0.3 is 17.9 Å². The number of carbonyl (C=O) groups is 3. The Bertz CT molecular complexity index is 747. The van der Waals surface area contributed by atoms with E-state index in [-0.39, 0.29) is 36.2 Å². The number of carboxylic acids is 1. The number of carboxylic acid groups (broad SMARTS) is 1. The van der Waals surface area contributed by atoms with Crippen LogP contribution in [0.25, 0.3) is 0 Å². The minimum atomic E-state index is -0.878. The third-order valence-electron chi connectivity index (χ3n) is 7.91. The molecule has 0 fully saturated rings. The zero-order valence-electron chi connectivity index (χ0n) is 29.1. The van der Waals surface area contributed by atoms with Crippen LogP contribution >= 0.6 is 0 Å². The molecule has 0 bridgehead atoms. The molecule has 0 saturated heterocycles. The molecule has 0 amide bonds. The summed E-state index contributed by atoms with van der Waals surface area (Å²) in [4.78, 5) is 36.5. The monoisotopic (exact) mass is 626 g/mol. The van der Waals surface area contributed by atoms with Gasteiger partial charge in [-0.2, -0.15) is 0 Å². The summed E-state index contributed by atoms with van der Waals surface area (Å²) < 4.78 is 17.1. The van der Waals surface area contributed by atoms with Crippen molar-refractivity contribution >= 4 is 17.9 Å². The second-order valence-electron chi connectivity index (χ2n) is 13.1. The van der Waals surface area contributed by atoms with E-state index < -0.39 is 18.1 Å². The van der Waals surface area contributed by atoms with Crippen molar-refractivity contribution in [3.05, 3.63) is 12.2 Å². The van der Waals surface area contributed by atoms with Crippen molar-refractivity contribution in [1.82, 2.24) is 0 Å². The molecule has 0 aromatic carbocycles. The van der Waals surface area contributed by atoms with Gasteiger partial charge in [-0.25, -0.2) is 4.79 Å². The van der Waals surface area contributed by atoms with E-state index in [0.717, 1.165) is 32.1 Å². The summed E-state index contributed by atoms with van der Waals surface area (Å²) in [5, 5.41) is 9.54. The number of nitrogens with zero attached hydrogens (tertiary/aromatic N) is 1. The fourth-order valence-electron chi connectivity index (χ4n) is 5.09. The van der Waals surface area contributed by atoms with Crippen LogP contribution in [0.3, 0.4) is 0 Å². The van der Waals surface area contributed by atoms with Crippen LogP contribution in [0.1, 0.15) is 149 Å². The summed E-state index contributed by atoms with van der Waals surface area (Å²) in [6.45, 7) is 4.65. The topological polar surface area (TPSA) is 99.1 Å². The van der Waals surface area contributed by atoms with Crippen LogP contribution in [-0.2, 0) is 28.6 Å². The van der Waals surface area contributed by atoms with Gasteiger partial charge in [0, 0.05) is 19.3 Å². The highest BCUT2D eigenvalue weighted by atomic mass is 16.6. The van der Waals surface area contributed by atoms with Gasteiger partial charge in [0.05, 0.1) is 34.4 Å². The standard InChI is InChI=1S/C36H67NO7/c1-6-8-10-12-14-16-17-19-21-23-25-27-35(39)44-32(30-42-29-28-33(36(40)41)37(3,4)5)31-43-34(38)26-24-22-20-18-15-13-11-9-7-2/h18,20,32-33H,6-17,19,21-31H2,1-5H3/p+1/b20-18+. The molecule has 258 valence electrons. The minimum absolute atomic E-state index is 0.0571. The second-order valence-corrected chi connectivity index (χ2v) is 13.1. The van der Waals surface area contributed by atoms with E-state index in [1.165, 1.54) is 77.0 Å². The first-order chi connectivity index (χ1) is 21.1. The molecular formula is C36H68NO7+. The van der Waals surface area contributed by atoms with Crippen molar-refractivity contribution < 1.29 is 38.2 Å². The van der Waals surface area contributed by atoms with Crippen LogP contribution in [0.5, 0.6) is 0 Å². The maximum absolute atomic E-state index is 12.6. The molecule has 0 heterocycles. The predicted octanol–water partition coefficient (Wildman–Crippen LogP) is 8.41. The third kappa shape index (κ3) is 26.5. The zero-order valence-corrected chi connectivity index (χ0v) is 29.1. The lowest BCUT2D eigenvalue weighted by atomic mass is 10.1. The Morgan fingerprint density at radius 2 is 1.16 bits per heavy atom. The fraction of sp³-hybridized carbons (Fsp3) is 0.861. The second kappa shape index (κ2) is 28.5. The maximum Gasteiger partial charge on any atom is 0.362 e. The van der Waals surface area contributed by atoms with Crippen molar-refractivity contribution in [1.29, 1.82) is 0 Å². The number of unbranched alkanes of at least 4 members (excludes halogenated alkanes) is 15. The van der Waals surface area contributed by atoms with Crippen LogP contribution < -0.4 is 0 Å². The third-order valence-corrected chi connectivity index (χ3v) is 7.91. The molecule has 0 spiro atoms. The number of quaternary nitrogens is 1. The highest BCUT2D eigenvalue weighted by molar-refractivity contribution is 5.72. The molecule has 44 heavy (non-hydrogen) atoms. The molecule has 8 heteroatoms. The lowest BCUT2D eigenvalue weighted by molar-refractivity contribution is -0.887. The number of allylic oxidation sites excluding steroid dienone is 2. The van der Waals surface area contributed by atoms with Crippen molar-refractivity contribution in [3.63, 3.8) is 0 Å². The van der Waals surface area contributed by atoms with E-state index in [4.69, 9.17) is 14.2 Å². The van der Waals surface area contributed by atoms with Gasteiger partial charge in [0.15, 0.2) is 12.1 Å². The molecule has 0 radical (unpaired) electrons. The van der Waals surface area contributed by atoms with Crippen LogP contribution in [0.15, 0.2) is 12.2 Å². The highest BCUT2D eigenvalue weighted by Gasteiger charge is 2.31. The van der Waals surface area contributed by atoms with Crippen LogP contribution in [0, 0.1) is 0 Å². The van der Waals surface area contributed by atoms with Crippen molar-refractivity contribution in [2.24, 2.45) is 0 Å². The van der Waals surface area contributed by atoms with Crippen molar-refractivity contribution in [2.45, 2.75) is 161 Å². The van der Waals surface area contributed by atoms with E-state index in [9.17, 15) is 19.5 Å². The average molecular weight is 627 g/mol. The van der Waals surface area contributed by atoms with Gasteiger partial charge in [0.25, 0.3) is 0 Å². The first kappa shape index (κ1) is 42.1. The Hall–Kier alpha value is -1.93. The van der Waals surface area contributed by atoms with Gasteiger partial charge in [0.2, 0.25) is 0 Å². The SMILES string of the molecule is CCCCCC/C=C/CCCC(=O)OCC(COCCC(C(=O)O)[N+](C)(C)C)OC(=O)CCCCCCCCCCCCC. The smallest absolute Gasteiger partial charge is 0.362 e. The first-order valence-electron chi connectivity index (χ1n) is 17.7. The molecule has 0 aliphatic carbocycles. The van der Waals surface area contributed by atoms with Crippen LogP contribution in [0.2, 0.25) is 0 Å². The van der Waals surface area contributed by atoms with E-state index in [2.05, 4.69) is 26.0 Å². The molecule has 0 rings (SSSR count). The summed E-state index contributed by atoms with van der Waals surface area (Å²) in [5.41, 5.74) is 0. The number of likely N-dealkylation sites (N-methyl/N-ethyl adjacent to an activating group) is 1. The summed E-state index contributed by atoms with van der Waals surface area (Å²) in [7, 11) is 5.50. The molecule has 1 N–H and O–H groups in total. The Morgan fingerprint density at radius 3 is 1.70 bits per heavy atom. The van der Waals surface area contributed by atoms with Crippen LogP contribution in [-0.4, -0.2) is 80.6 Å². The predicted molar refractivity (Wildman–Crippen MR) is 179 cm³/mol. The molecular weight excluding hydrogens is 558 g/mol. The quantitative estimate of drug-likeness (QED) is 0.0357. The molecule has 8 nitrogen and oxygen atoms in total. The number of ether oxygens (including phenoxy) is 3. The summed E-state index contributed by atoms with van der Waals surface area (Å²) in [6, 6.07) is -0.611. The number of hydrogen-bond acceptors (Lipinski definition) is 6. The molecule has 0 aliphatic heterocycles. The van der Waals surface area contributed by atoms with E-state index in [0.29, 0.717) is 25.7 Å². The maximum atomic E-state index is 12.6. The lowest BCUT2D eigenvalue weighted by Crippen LogP contribution is -2.50. The van der Waals surface area contributed by atoms with Gasteiger partial charge in [-0.05, 0) is 32.1 Å². The molecule has 0 aromatic rings. The van der Waals surface area contributed by atoms with Gasteiger partial charge in [-0.1, -0.05) is 109 Å². The highest BCUT2D eigenvalue weighted by Crippen LogP contribution is 2.13. The Morgan fingerprint density at radius 1 is 0.659 bits per heavy atom. The number of carbonyl (C=O) groups excluding carboxylic acids is 2.